The van der Waals surface area contributed by atoms with Gasteiger partial charge >= 0.3 is 0 Å². The molecule has 0 N–H and O–H groups in total. The zero-order valence-corrected chi connectivity index (χ0v) is 9.13. The normalized spacial score (nSPS) is 11.5. The maximum absolute atomic E-state index is 8.89. The van der Waals surface area contributed by atoms with Gasteiger partial charge in [-0.1, -0.05) is 0 Å². The molecule has 1 aliphatic rings. The molecule has 0 saturated carbocycles. The van der Waals surface area contributed by atoms with Crippen LogP contribution in [0.5, 0.6) is 0 Å². The van der Waals surface area contributed by atoms with Gasteiger partial charge in [-0.2, -0.15) is 28.0 Å². The van der Waals surface area contributed by atoms with Gasteiger partial charge < -0.3 is 0 Å². The summed E-state index contributed by atoms with van der Waals surface area (Å²) in [6.45, 7) is 0. The van der Waals surface area contributed by atoms with Gasteiger partial charge in [0, 0.05) is 0 Å². The third-order valence-electron chi connectivity index (χ3n) is 2.15. The lowest BCUT2D eigenvalue weighted by atomic mass is 10.1. The predicted octanol–water partition coefficient (Wildman–Crippen LogP) is 1.22. The van der Waals surface area contributed by atoms with E-state index in [1.807, 2.05) is 12.1 Å². The van der Waals surface area contributed by atoms with Gasteiger partial charge in [0.2, 0.25) is 0 Å². The van der Waals surface area contributed by atoms with Crippen LogP contribution < -0.4 is 0 Å². The Labute approximate surface area is 97.8 Å². The first-order valence-corrected chi connectivity index (χ1v) is 5.53. The lowest BCUT2D eigenvalue weighted by Crippen LogP contribution is -1.88. The highest BCUT2D eigenvalue weighted by atomic mass is 32.1. The lowest BCUT2D eigenvalue weighted by Gasteiger charge is -1.92. The summed E-state index contributed by atoms with van der Waals surface area (Å²) in [7, 11) is 0. The van der Waals surface area contributed by atoms with Gasteiger partial charge in [0.15, 0.2) is 0 Å². The smallest absolute Gasteiger partial charge is 0.141 e. The molecule has 8 heteroatoms. The molecule has 6 nitrogen and oxygen atoms in total. The van der Waals surface area contributed by atoms with E-state index in [1.54, 1.807) is 0 Å². The Morgan fingerprint density at radius 2 is 1.25 bits per heavy atom. The summed E-state index contributed by atoms with van der Waals surface area (Å²) < 4.78 is 16.3. The maximum Gasteiger partial charge on any atom is 0.141 e. The lowest BCUT2D eigenvalue weighted by molar-refractivity contribution is 1.41. The Morgan fingerprint density at radius 1 is 0.812 bits per heavy atom. The predicted molar refractivity (Wildman–Crippen MR) is 56.1 cm³/mol. The zero-order valence-electron chi connectivity index (χ0n) is 7.50. The summed E-state index contributed by atoms with van der Waals surface area (Å²) in [5, 5.41) is 17.8. The van der Waals surface area contributed by atoms with Crippen molar-refractivity contribution in [3.8, 4) is 23.5 Å². The Morgan fingerprint density at radius 3 is 1.69 bits per heavy atom. The van der Waals surface area contributed by atoms with Gasteiger partial charge in [-0.25, -0.2) is 0 Å². The fraction of sp³-hybridized carbons (Fsp3) is 0. The minimum absolute atomic E-state index is 0.000370. The number of aromatic nitrogens is 4. The molecule has 0 aromatic carbocycles. The van der Waals surface area contributed by atoms with Crippen LogP contribution >= 0.6 is 23.5 Å². The quantitative estimate of drug-likeness (QED) is 0.551. The number of rotatable bonds is 0. The van der Waals surface area contributed by atoms with E-state index in [9.17, 15) is 0 Å². The third kappa shape index (κ3) is 0.972. The van der Waals surface area contributed by atoms with Gasteiger partial charge in [-0.3, -0.25) is 0 Å². The van der Waals surface area contributed by atoms with E-state index >= 15 is 0 Å². The van der Waals surface area contributed by atoms with E-state index in [-0.39, 0.29) is 5.57 Å². The van der Waals surface area contributed by atoms with Crippen LogP contribution in [0.1, 0.15) is 11.4 Å². The summed E-state index contributed by atoms with van der Waals surface area (Å²) >= 11 is 2.07. The highest BCUT2D eigenvalue weighted by molar-refractivity contribution is 7.00. The van der Waals surface area contributed by atoms with Crippen LogP contribution in [0.2, 0.25) is 0 Å². The van der Waals surface area contributed by atoms with Crippen LogP contribution in [0.15, 0.2) is 5.57 Å². The molecule has 16 heavy (non-hydrogen) atoms. The molecule has 0 amide bonds. The SMILES string of the molecule is N#CC(C#N)=C1c2nsnc2-c2nsnc21. The second-order valence-electron chi connectivity index (χ2n) is 2.90. The van der Waals surface area contributed by atoms with E-state index < -0.39 is 0 Å². The van der Waals surface area contributed by atoms with E-state index in [2.05, 4.69) is 17.5 Å². The molecule has 0 saturated heterocycles. The number of hydrogen-bond acceptors (Lipinski definition) is 8. The molecule has 2 heterocycles. The van der Waals surface area contributed by atoms with Gasteiger partial charge in [0.1, 0.15) is 40.5 Å². The molecule has 0 bridgehead atoms. The highest BCUT2D eigenvalue weighted by Gasteiger charge is 2.34. The number of nitriles is 2. The molecule has 2 aromatic rings. The first kappa shape index (κ1) is 9.09. The van der Waals surface area contributed by atoms with Crippen LogP contribution in [0.3, 0.4) is 0 Å². The molecule has 2 aromatic heterocycles. The Kier molecular flexibility index (Phi) is 1.80. The topological polar surface area (TPSA) is 99.1 Å². The molecule has 0 fully saturated rings. The molecule has 74 valence electrons. The van der Waals surface area contributed by atoms with E-state index in [4.69, 9.17) is 10.5 Å². The number of hydrogen-bond donors (Lipinski definition) is 0. The largest absolute Gasteiger partial charge is 0.192 e. The summed E-state index contributed by atoms with van der Waals surface area (Å²) in [5.74, 6) is 0. The molecular formula is C8N6S2. The first-order valence-electron chi connectivity index (χ1n) is 4.07. The van der Waals surface area contributed by atoms with Crippen molar-refractivity contribution < 1.29 is 0 Å². The van der Waals surface area contributed by atoms with Gasteiger partial charge in [0.05, 0.1) is 29.0 Å². The Bertz CT molecular complexity index is 636. The zero-order chi connectivity index (χ0) is 11.1. The first-order chi connectivity index (χ1) is 7.86. The monoisotopic (exact) mass is 244 g/mol. The standard InChI is InChI=1S/C8N6S2/c9-1-3(2-10)4-5-7(13-15-11-5)8-6(4)12-16-14-8. The van der Waals surface area contributed by atoms with Crippen molar-refractivity contribution in [2.45, 2.75) is 0 Å². The molecule has 0 radical (unpaired) electrons. The van der Waals surface area contributed by atoms with Crippen molar-refractivity contribution in [3.63, 3.8) is 0 Å². The Balaban J connectivity index is 2.45. The maximum atomic E-state index is 8.89. The highest BCUT2D eigenvalue weighted by Crippen LogP contribution is 2.42. The molecule has 0 aliphatic heterocycles. The second kappa shape index (κ2) is 3.17. The van der Waals surface area contributed by atoms with Crippen molar-refractivity contribution in [3.05, 3.63) is 17.0 Å². The number of nitrogens with zero attached hydrogens (tertiary/aromatic N) is 6. The van der Waals surface area contributed by atoms with Crippen LogP contribution in [0.4, 0.5) is 0 Å². The fourth-order valence-corrected chi connectivity index (χ4v) is 2.61. The average Bonchev–Trinajstić information content (AvgIpc) is 2.95. The minimum atomic E-state index is 0.000370. The summed E-state index contributed by atoms with van der Waals surface area (Å²) in [6, 6.07) is 3.69. The molecule has 0 unspecified atom stereocenters. The van der Waals surface area contributed by atoms with Crippen molar-refractivity contribution in [1.29, 1.82) is 10.5 Å². The average molecular weight is 244 g/mol. The summed E-state index contributed by atoms with van der Waals surface area (Å²) in [5.41, 5.74) is 2.78. The minimum Gasteiger partial charge on any atom is -0.192 e. The van der Waals surface area contributed by atoms with Crippen molar-refractivity contribution in [2.75, 3.05) is 0 Å². The molecule has 1 aliphatic carbocycles. The van der Waals surface area contributed by atoms with Gasteiger partial charge in [-0.15, -0.1) is 0 Å². The van der Waals surface area contributed by atoms with Crippen molar-refractivity contribution >= 4 is 29.0 Å². The molecule has 0 atom stereocenters. The fourth-order valence-electron chi connectivity index (χ4n) is 1.50. The van der Waals surface area contributed by atoms with Gasteiger partial charge in [0.25, 0.3) is 0 Å². The van der Waals surface area contributed by atoms with Crippen molar-refractivity contribution in [1.82, 2.24) is 17.5 Å². The Hall–Kier alpha value is -2.16. The van der Waals surface area contributed by atoms with Crippen molar-refractivity contribution in [2.24, 2.45) is 0 Å². The van der Waals surface area contributed by atoms with E-state index in [1.165, 1.54) is 0 Å². The molecule has 0 spiro atoms. The second-order valence-corrected chi connectivity index (χ2v) is 3.95. The number of allylic oxidation sites excluding steroid dienone is 1. The van der Waals surface area contributed by atoms with Crippen LogP contribution in [0, 0.1) is 22.7 Å². The van der Waals surface area contributed by atoms with E-state index in [0.717, 1.165) is 23.5 Å². The van der Waals surface area contributed by atoms with Crippen LogP contribution in [-0.2, 0) is 0 Å². The summed E-state index contributed by atoms with van der Waals surface area (Å²) in [4.78, 5) is 0. The summed E-state index contributed by atoms with van der Waals surface area (Å²) in [6.07, 6.45) is 0. The molecule has 3 rings (SSSR count). The van der Waals surface area contributed by atoms with Crippen LogP contribution in [-0.4, -0.2) is 17.5 Å². The van der Waals surface area contributed by atoms with E-state index in [0.29, 0.717) is 28.3 Å². The van der Waals surface area contributed by atoms with Crippen LogP contribution in [0.25, 0.3) is 17.0 Å². The van der Waals surface area contributed by atoms with Gasteiger partial charge in [-0.05, 0) is 0 Å². The molecular weight excluding hydrogens is 244 g/mol. The number of fused-ring (bicyclic) bond motifs is 3. The third-order valence-corrected chi connectivity index (χ3v) is 3.21.